The predicted molar refractivity (Wildman–Crippen MR) is 81.7 cm³/mol. The number of rotatable bonds is 3. The normalized spacial score (nSPS) is 11.7. The molecule has 0 spiro atoms. The summed E-state index contributed by atoms with van der Waals surface area (Å²) in [6.45, 7) is 6.71. The van der Waals surface area contributed by atoms with Crippen molar-refractivity contribution in [3.63, 3.8) is 0 Å². The van der Waals surface area contributed by atoms with Crippen LogP contribution in [0.15, 0.2) is 24.3 Å². The highest BCUT2D eigenvalue weighted by atomic mass is 35.5. The molecule has 1 aromatic heterocycles. The van der Waals surface area contributed by atoms with Crippen LogP contribution in [0.3, 0.4) is 0 Å². The maximum atomic E-state index is 6.05. The number of nitrogens with two attached hydrogens (primary N) is 1. The maximum absolute atomic E-state index is 6.05. The molecule has 0 unspecified atom stereocenters. The van der Waals surface area contributed by atoms with Crippen LogP contribution < -0.4 is 10.5 Å². The van der Waals surface area contributed by atoms with Gasteiger partial charge in [0.05, 0.1) is 24.1 Å². The second-order valence-electron chi connectivity index (χ2n) is 5.68. The van der Waals surface area contributed by atoms with Crippen LogP contribution in [0.1, 0.15) is 32.0 Å². The van der Waals surface area contributed by atoms with Crippen LogP contribution in [0.2, 0.25) is 5.02 Å². The van der Waals surface area contributed by atoms with Crippen LogP contribution in [0.5, 0.6) is 5.88 Å². The Bertz CT molecular complexity index is 614. The third-order valence-electron chi connectivity index (χ3n) is 3.10. The largest absolute Gasteiger partial charge is 0.481 e. The Morgan fingerprint density at radius 1 is 1.35 bits per heavy atom. The van der Waals surface area contributed by atoms with Crippen molar-refractivity contribution < 1.29 is 4.74 Å². The molecule has 1 heterocycles. The van der Waals surface area contributed by atoms with E-state index < -0.39 is 0 Å². The van der Waals surface area contributed by atoms with E-state index in [9.17, 15) is 0 Å². The first-order chi connectivity index (χ1) is 9.38. The Labute approximate surface area is 124 Å². The number of nitrogens with zero attached hydrogens (tertiary/aromatic N) is 2. The van der Waals surface area contributed by atoms with Crippen LogP contribution in [-0.2, 0) is 12.0 Å². The molecule has 0 saturated carbocycles. The van der Waals surface area contributed by atoms with Crippen LogP contribution in [0, 0.1) is 0 Å². The molecule has 20 heavy (non-hydrogen) atoms. The van der Waals surface area contributed by atoms with Crippen molar-refractivity contribution in [2.24, 2.45) is 5.73 Å². The number of hydrogen-bond acceptors (Lipinski definition) is 3. The molecule has 0 atom stereocenters. The molecule has 108 valence electrons. The predicted octanol–water partition coefficient (Wildman–Crippen LogP) is 3.29. The van der Waals surface area contributed by atoms with Crippen LogP contribution >= 0.6 is 11.6 Å². The lowest BCUT2D eigenvalue weighted by Gasteiger charge is -2.16. The SMILES string of the molecule is COc1c(CN)c(C(C)(C)C)nn1-c1cccc(Cl)c1. The van der Waals surface area contributed by atoms with Gasteiger partial charge in [-0.1, -0.05) is 38.4 Å². The lowest BCUT2D eigenvalue weighted by Crippen LogP contribution is -2.16. The summed E-state index contributed by atoms with van der Waals surface area (Å²) in [4.78, 5) is 0. The van der Waals surface area contributed by atoms with Crippen molar-refractivity contribution in [3.05, 3.63) is 40.5 Å². The summed E-state index contributed by atoms with van der Waals surface area (Å²) in [6, 6.07) is 7.51. The molecule has 0 aliphatic rings. The lowest BCUT2D eigenvalue weighted by molar-refractivity contribution is 0.379. The van der Waals surface area contributed by atoms with Crippen molar-refractivity contribution in [1.82, 2.24) is 9.78 Å². The molecule has 0 aliphatic heterocycles. The van der Waals surface area contributed by atoms with Gasteiger partial charge in [0.1, 0.15) is 0 Å². The number of halogens is 1. The fourth-order valence-corrected chi connectivity index (χ4v) is 2.40. The summed E-state index contributed by atoms with van der Waals surface area (Å²) in [6.07, 6.45) is 0. The van der Waals surface area contributed by atoms with E-state index in [4.69, 9.17) is 22.1 Å². The summed E-state index contributed by atoms with van der Waals surface area (Å²) in [7, 11) is 1.63. The van der Waals surface area contributed by atoms with Gasteiger partial charge in [-0.2, -0.15) is 5.10 Å². The number of methoxy groups -OCH3 is 1. The summed E-state index contributed by atoms with van der Waals surface area (Å²) in [5.74, 6) is 0.666. The number of hydrogen-bond donors (Lipinski definition) is 1. The molecule has 2 aromatic rings. The molecule has 0 bridgehead atoms. The van der Waals surface area contributed by atoms with Gasteiger partial charge in [-0.05, 0) is 18.2 Å². The van der Waals surface area contributed by atoms with E-state index in [1.807, 2.05) is 24.3 Å². The quantitative estimate of drug-likeness (QED) is 0.945. The smallest absolute Gasteiger partial charge is 0.221 e. The van der Waals surface area contributed by atoms with Crippen LogP contribution in [0.25, 0.3) is 5.69 Å². The fraction of sp³-hybridized carbons (Fsp3) is 0.400. The van der Waals surface area contributed by atoms with Gasteiger partial charge in [-0.3, -0.25) is 0 Å². The van der Waals surface area contributed by atoms with E-state index in [0.717, 1.165) is 16.9 Å². The molecule has 5 heteroatoms. The lowest BCUT2D eigenvalue weighted by atomic mass is 9.89. The van der Waals surface area contributed by atoms with Crippen molar-refractivity contribution >= 4 is 11.6 Å². The summed E-state index contributed by atoms with van der Waals surface area (Å²) < 4.78 is 7.27. The van der Waals surface area contributed by atoms with Crippen molar-refractivity contribution in [2.45, 2.75) is 32.7 Å². The van der Waals surface area contributed by atoms with Crippen LogP contribution in [-0.4, -0.2) is 16.9 Å². The highest BCUT2D eigenvalue weighted by Crippen LogP contribution is 2.33. The molecule has 0 saturated heterocycles. The minimum absolute atomic E-state index is 0.105. The van der Waals surface area contributed by atoms with Gasteiger partial charge in [0.25, 0.3) is 0 Å². The second-order valence-corrected chi connectivity index (χ2v) is 6.12. The summed E-state index contributed by atoms with van der Waals surface area (Å²) >= 11 is 6.05. The van der Waals surface area contributed by atoms with Crippen molar-refractivity contribution in [2.75, 3.05) is 7.11 Å². The van der Waals surface area contributed by atoms with Crippen molar-refractivity contribution in [3.8, 4) is 11.6 Å². The van der Waals surface area contributed by atoms with Crippen LogP contribution in [0.4, 0.5) is 0 Å². The third-order valence-corrected chi connectivity index (χ3v) is 3.33. The fourth-order valence-electron chi connectivity index (χ4n) is 2.21. The zero-order valence-corrected chi connectivity index (χ0v) is 13.0. The van der Waals surface area contributed by atoms with E-state index in [2.05, 4.69) is 25.9 Å². The molecule has 1 aromatic carbocycles. The van der Waals surface area contributed by atoms with Gasteiger partial charge < -0.3 is 10.5 Å². The summed E-state index contributed by atoms with van der Waals surface area (Å²) in [5, 5.41) is 5.35. The minimum atomic E-state index is -0.105. The summed E-state index contributed by atoms with van der Waals surface area (Å²) in [5.41, 5.74) is 8.51. The zero-order valence-electron chi connectivity index (χ0n) is 12.3. The second kappa shape index (κ2) is 5.46. The Balaban J connectivity index is 2.68. The Morgan fingerprint density at radius 3 is 2.55 bits per heavy atom. The van der Waals surface area contributed by atoms with E-state index in [0.29, 0.717) is 17.4 Å². The first-order valence-electron chi connectivity index (χ1n) is 6.51. The van der Waals surface area contributed by atoms with Gasteiger partial charge in [0.2, 0.25) is 5.88 Å². The molecular weight excluding hydrogens is 274 g/mol. The molecule has 4 nitrogen and oxygen atoms in total. The Morgan fingerprint density at radius 2 is 2.05 bits per heavy atom. The average molecular weight is 294 g/mol. The Hall–Kier alpha value is -1.52. The standard InChI is InChI=1S/C15H20ClN3O/c1-15(2,3)13-12(9-17)14(20-4)19(18-13)11-7-5-6-10(16)8-11/h5-8H,9,17H2,1-4H3. The number of aromatic nitrogens is 2. The van der Waals surface area contributed by atoms with Gasteiger partial charge in [0.15, 0.2) is 0 Å². The molecule has 0 aliphatic carbocycles. The van der Waals surface area contributed by atoms with E-state index >= 15 is 0 Å². The zero-order chi connectivity index (χ0) is 14.9. The van der Waals surface area contributed by atoms with Gasteiger partial charge in [0, 0.05) is 17.0 Å². The van der Waals surface area contributed by atoms with E-state index in [1.165, 1.54) is 0 Å². The van der Waals surface area contributed by atoms with Gasteiger partial charge in [-0.25, -0.2) is 4.68 Å². The molecule has 2 N–H and O–H groups in total. The van der Waals surface area contributed by atoms with Crippen molar-refractivity contribution in [1.29, 1.82) is 0 Å². The number of benzene rings is 1. The van der Waals surface area contributed by atoms with Gasteiger partial charge in [-0.15, -0.1) is 0 Å². The monoisotopic (exact) mass is 293 g/mol. The third kappa shape index (κ3) is 2.67. The van der Waals surface area contributed by atoms with Gasteiger partial charge >= 0.3 is 0 Å². The molecular formula is C15H20ClN3O. The molecule has 0 radical (unpaired) electrons. The number of ether oxygens (including phenoxy) is 1. The maximum Gasteiger partial charge on any atom is 0.221 e. The molecule has 0 amide bonds. The van der Waals surface area contributed by atoms with E-state index in [1.54, 1.807) is 11.8 Å². The van der Waals surface area contributed by atoms with E-state index in [-0.39, 0.29) is 5.41 Å². The molecule has 2 rings (SSSR count). The highest BCUT2D eigenvalue weighted by Gasteiger charge is 2.27. The minimum Gasteiger partial charge on any atom is -0.481 e. The first kappa shape index (κ1) is 14.9. The highest BCUT2D eigenvalue weighted by molar-refractivity contribution is 6.30. The Kier molecular flexibility index (Phi) is 4.06. The molecule has 0 fully saturated rings. The topological polar surface area (TPSA) is 53.1 Å². The average Bonchev–Trinajstić information content (AvgIpc) is 2.76. The first-order valence-corrected chi connectivity index (χ1v) is 6.88.